The zero-order chi connectivity index (χ0) is 21.4. The number of nitrogens with one attached hydrogen (secondary N) is 2. The molecule has 4 unspecified atom stereocenters. The first-order valence-corrected chi connectivity index (χ1v) is 11.4. The van der Waals surface area contributed by atoms with Crippen LogP contribution in [0.25, 0.3) is 0 Å². The largest absolute Gasteiger partial charge is 0.354 e. The first kappa shape index (κ1) is 23.4. The molecule has 2 heterocycles. The van der Waals surface area contributed by atoms with E-state index in [0.29, 0.717) is 18.1 Å². The molecule has 1 aliphatic carbocycles. The summed E-state index contributed by atoms with van der Waals surface area (Å²) in [6.07, 6.45) is 5.41. The van der Waals surface area contributed by atoms with Gasteiger partial charge in [-0.1, -0.05) is 36.4 Å². The standard InChI is InChI=1S/C25H30F2N4.HI/c1-28-25(30-23-14-20(23)24-21(26)8-5-9-22(24)27)29-17-12-18-10-11-19(13-17)31(18)15-16-6-3-2-4-7-16;/h2-9,17-20,23H,10-15H2,1H3,(H2,28,29,30);1H. The van der Waals surface area contributed by atoms with Gasteiger partial charge in [-0.25, -0.2) is 8.78 Å². The summed E-state index contributed by atoms with van der Waals surface area (Å²) >= 11 is 0. The van der Waals surface area contributed by atoms with Gasteiger partial charge in [0.15, 0.2) is 5.96 Å². The van der Waals surface area contributed by atoms with Crippen molar-refractivity contribution in [2.24, 2.45) is 4.99 Å². The van der Waals surface area contributed by atoms with Gasteiger partial charge >= 0.3 is 0 Å². The topological polar surface area (TPSA) is 39.7 Å². The van der Waals surface area contributed by atoms with Gasteiger partial charge in [-0.2, -0.15) is 0 Å². The van der Waals surface area contributed by atoms with Gasteiger partial charge in [0.05, 0.1) is 0 Å². The third-order valence-electron chi connectivity index (χ3n) is 7.14. The van der Waals surface area contributed by atoms with Crippen molar-refractivity contribution in [3.05, 3.63) is 71.3 Å². The Balaban J connectivity index is 0.00000245. The Morgan fingerprint density at radius 2 is 1.59 bits per heavy atom. The lowest BCUT2D eigenvalue weighted by Gasteiger charge is -2.39. The molecule has 32 heavy (non-hydrogen) atoms. The SMILES string of the molecule is CN=C(NC1CC2CCC(C1)N2Cc1ccccc1)NC1CC1c1c(F)cccc1F.I. The highest BCUT2D eigenvalue weighted by molar-refractivity contribution is 14.0. The van der Waals surface area contributed by atoms with Crippen LogP contribution in [0, 0.1) is 11.6 Å². The van der Waals surface area contributed by atoms with Crippen molar-refractivity contribution in [2.75, 3.05) is 7.05 Å². The van der Waals surface area contributed by atoms with Crippen LogP contribution in [0.3, 0.4) is 0 Å². The van der Waals surface area contributed by atoms with E-state index in [0.717, 1.165) is 31.8 Å². The van der Waals surface area contributed by atoms with Crippen LogP contribution in [0.4, 0.5) is 8.78 Å². The first-order chi connectivity index (χ1) is 15.1. The maximum absolute atomic E-state index is 14.1. The number of rotatable bonds is 5. The summed E-state index contributed by atoms with van der Waals surface area (Å²) in [4.78, 5) is 7.05. The second kappa shape index (κ2) is 10.0. The molecular weight excluding hydrogens is 521 g/mol. The summed E-state index contributed by atoms with van der Waals surface area (Å²) in [5.74, 6) is -0.312. The fourth-order valence-electron chi connectivity index (χ4n) is 5.52. The molecule has 2 aliphatic heterocycles. The number of nitrogens with zero attached hydrogens (tertiary/aromatic N) is 2. The number of halogens is 3. The van der Waals surface area contributed by atoms with Gasteiger partial charge in [0.1, 0.15) is 11.6 Å². The molecule has 3 aliphatic rings. The van der Waals surface area contributed by atoms with Crippen LogP contribution in [-0.2, 0) is 6.54 Å². The molecule has 0 aromatic heterocycles. The van der Waals surface area contributed by atoms with Crippen molar-refractivity contribution in [3.63, 3.8) is 0 Å². The van der Waals surface area contributed by atoms with E-state index in [4.69, 9.17) is 0 Å². The molecule has 4 nitrogen and oxygen atoms in total. The highest BCUT2D eigenvalue weighted by atomic mass is 127. The normalized spacial score (nSPS) is 29.3. The lowest BCUT2D eigenvalue weighted by molar-refractivity contribution is 0.114. The molecule has 2 saturated heterocycles. The van der Waals surface area contributed by atoms with Gasteiger partial charge in [0.25, 0.3) is 0 Å². The van der Waals surface area contributed by atoms with Crippen LogP contribution in [0.2, 0.25) is 0 Å². The fourth-order valence-corrected chi connectivity index (χ4v) is 5.52. The number of hydrogen-bond donors (Lipinski definition) is 2. The van der Waals surface area contributed by atoms with Crippen LogP contribution in [0.15, 0.2) is 53.5 Å². The Hall–Kier alpha value is -1.74. The van der Waals surface area contributed by atoms with E-state index in [1.165, 1.54) is 36.6 Å². The number of hydrogen-bond acceptors (Lipinski definition) is 2. The van der Waals surface area contributed by atoms with Crippen LogP contribution < -0.4 is 10.6 Å². The molecule has 172 valence electrons. The van der Waals surface area contributed by atoms with E-state index in [1.807, 2.05) is 0 Å². The van der Waals surface area contributed by atoms with Gasteiger partial charge in [-0.05, 0) is 49.8 Å². The Labute approximate surface area is 205 Å². The minimum atomic E-state index is -0.459. The smallest absolute Gasteiger partial charge is 0.191 e. The van der Waals surface area contributed by atoms with Crippen molar-refractivity contribution in [1.82, 2.24) is 15.5 Å². The first-order valence-electron chi connectivity index (χ1n) is 11.4. The summed E-state index contributed by atoms with van der Waals surface area (Å²) in [7, 11) is 1.76. The Kier molecular flexibility index (Phi) is 7.34. The molecule has 0 amide bonds. The average molecular weight is 552 g/mol. The molecule has 2 bridgehead atoms. The molecule has 7 heteroatoms. The van der Waals surface area contributed by atoms with Crippen LogP contribution >= 0.6 is 24.0 Å². The lowest BCUT2D eigenvalue weighted by Crippen LogP contribution is -2.52. The van der Waals surface area contributed by atoms with E-state index in [1.54, 1.807) is 7.05 Å². The zero-order valence-electron chi connectivity index (χ0n) is 18.3. The van der Waals surface area contributed by atoms with Crippen molar-refractivity contribution in [1.29, 1.82) is 0 Å². The minimum absolute atomic E-state index is 0. The van der Waals surface area contributed by atoms with Gasteiger partial charge in [-0.15, -0.1) is 24.0 Å². The van der Waals surface area contributed by atoms with E-state index < -0.39 is 11.6 Å². The third kappa shape index (κ3) is 4.93. The van der Waals surface area contributed by atoms with Crippen molar-refractivity contribution < 1.29 is 8.78 Å². The summed E-state index contributed by atoms with van der Waals surface area (Å²) in [5, 5.41) is 6.97. The molecule has 0 spiro atoms. The predicted molar refractivity (Wildman–Crippen MR) is 134 cm³/mol. The van der Waals surface area contributed by atoms with Crippen LogP contribution in [0.5, 0.6) is 0 Å². The molecule has 4 atom stereocenters. The highest BCUT2D eigenvalue weighted by Crippen LogP contribution is 2.43. The molecule has 3 fully saturated rings. The number of piperidine rings is 1. The van der Waals surface area contributed by atoms with Crippen molar-refractivity contribution in [3.8, 4) is 0 Å². The van der Waals surface area contributed by atoms with Crippen molar-refractivity contribution in [2.45, 2.75) is 68.7 Å². The monoisotopic (exact) mass is 552 g/mol. The average Bonchev–Trinajstić information content (AvgIpc) is 3.47. The number of guanidine groups is 1. The third-order valence-corrected chi connectivity index (χ3v) is 7.14. The van der Waals surface area contributed by atoms with E-state index in [2.05, 4.69) is 50.9 Å². The summed E-state index contributed by atoms with van der Waals surface area (Å²) in [6, 6.07) is 16.4. The molecule has 0 radical (unpaired) electrons. The Bertz CT molecular complexity index is 920. The zero-order valence-corrected chi connectivity index (χ0v) is 20.6. The van der Waals surface area contributed by atoms with Gasteiger partial charge in [-0.3, -0.25) is 9.89 Å². The van der Waals surface area contributed by atoms with E-state index >= 15 is 0 Å². The predicted octanol–water partition coefficient (Wildman–Crippen LogP) is 4.80. The fraction of sp³-hybridized carbons (Fsp3) is 0.480. The second-order valence-electron chi connectivity index (χ2n) is 9.16. The van der Waals surface area contributed by atoms with Gasteiger partial charge in [0, 0.05) is 49.2 Å². The Morgan fingerprint density at radius 3 is 2.22 bits per heavy atom. The molecule has 1 saturated carbocycles. The molecule has 2 aromatic rings. The molecule has 2 N–H and O–H groups in total. The summed E-state index contributed by atoms with van der Waals surface area (Å²) < 4.78 is 28.1. The summed E-state index contributed by atoms with van der Waals surface area (Å²) in [6.45, 7) is 1.02. The number of aliphatic imine (C=N–C) groups is 1. The molecule has 5 rings (SSSR count). The molecular formula is C25H31F2IN4. The molecule has 2 aromatic carbocycles. The quantitative estimate of drug-likeness (QED) is 0.318. The minimum Gasteiger partial charge on any atom is -0.354 e. The maximum atomic E-state index is 14.1. The van der Waals surface area contributed by atoms with Crippen LogP contribution in [0.1, 0.15) is 49.1 Å². The second-order valence-corrected chi connectivity index (χ2v) is 9.16. The maximum Gasteiger partial charge on any atom is 0.191 e. The lowest BCUT2D eigenvalue weighted by atomic mass is 9.96. The van der Waals surface area contributed by atoms with Gasteiger partial charge in [0.2, 0.25) is 0 Å². The summed E-state index contributed by atoms with van der Waals surface area (Å²) in [5.41, 5.74) is 1.58. The van der Waals surface area contributed by atoms with E-state index in [9.17, 15) is 8.78 Å². The number of benzene rings is 2. The Morgan fingerprint density at radius 1 is 0.938 bits per heavy atom. The van der Waals surface area contributed by atoms with Crippen molar-refractivity contribution >= 4 is 29.9 Å². The highest BCUT2D eigenvalue weighted by Gasteiger charge is 2.44. The number of fused-ring (bicyclic) bond motifs is 2. The van der Waals surface area contributed by atoms with E-state index in [-0.39, 0.29) is 41.5 Å². The van der Waals surface area contributed by atoms with Gasteiger partial charge < -0.3 is 10.6 Å². The van der Waals surface area contributed by atoms with Crippen LogP contribution in [-0.4, -0.2) is 42.1 Å².